The lowest BCUT2D eigenvalue weighted by Crippen LogP contribution is -2.27. The molecule has 3 N–H and O–H groups in total. The molecule has 22 heavy (non-hydrogen) atoms. The fourth-order valence-corrected chi connectivity index (χ4v) is 2.29. The average Bonchev–Trinajstić information content (AvgIpc) is 2.54. The van der Waals surface area contributed by atoms with Crippen LogP contribution in [-0.2, 0) is 0 Å². The van der Waals surface area contributed by atoms with E-state index in [1.165, 1.54) is 6.07 Å². The number of aliphatic hydroxyl groups is 2. The Hall–Kier alpha value is -1.82. The van der Waals surface area contributed by atoms with Crippen LogP contribution >= 0.6 is 0 Å². The molecule has 2 unspecified atom stereocenters. The smallest absolute Gasteiger partial charge is 0.159 e. The molecule has 0 radical (unpaired) electrons. The molecule has 2 aromatic carbocycles. The van der Waals surface area contributed by atoms with Crippen LogP contribution in [0.15, 0.2) is 48.5 Å². The molecule has 0 aliphatic heterocycles. The Morgan fingerprint density at radius 1 is 0.955 bits per heavy atom. The van der Waals surface area contributed by atoms with Crippen molar-refractivity contribution in [2.75, 3.05) is 13.2 Å². The second kappa shape index (κ2) is 7.98. The molecule has 0 fully saturated rings. The van der Waals surface area contributed by atoms with Crippen LogP contribution in [0.3, 0.4) is 0 Å². The first-order chi connectivity index (χ1) is 10.6. The summed E-state index contributed by atoms with van der Waals surface area (Å²) in [6, 6.07) is 12.8. The summed E-state index contributed by atoms with van der Waals surface area (Å²) in [4.78, 5) is 0. The summed E-state index contributed by atoms with van der Waals surface area (Å²) in [5.74, 6) is -1.92. The Kier molecular flexibility index (Phi) is 6.00. The second-order valence-electron chi connectivity index (χ2n) is 5.07. The predicted molar refractivity (Wildman–Crippen MR) is 80.2 cm³/mol. The zero-order valence-electron chi connectivity index (χ0n) is 12.0. The van der Waals surface area contributed by atoms with E-state index < -0.39 is 17.7 Å². The predicted octanol–water partition coefficient (Wildman–Crippen LogP) is 2.71. The van der Waals surface area contributed by atoms with E-state index in [0.717, 1.165) is 17.7 Å². The van der Waals surface area contributed by atoms with Crippen LogP contribution < -0.4 is 5.32 Å². The molecule has 118 valence electrons. The number of hydrogen-bond donors (Lipinski definition) is 3. The quantitative estimate of drug-likeness (QED) is 0.737. The third kappa shape index (κ3) is 4.34. The summed E-state index contributed by atoms with van der Waals surface area (Å²) in [6.07, 6.45) is -0.464. The highest BCUT2D eigenvalue weighted by Crippen LogP contribution is 2.19. The minimum absolute atomic E-state index is 0.00777. The van der Waals surface area contributed by atoms with Crippen LogP contribution in [0, 0.1) is 11.6 Å². The number of aliphatic hydroxyl groups excluding tert-OH is 2. The summed E-state index contributed by atoms with van der Waals surface area (Å²) in [5.41, 5.74) is 1.30. The maximum Gasteiger partial charge on any atom is 0.159 e. The molecule has 0 heterocycles. The molecule has 0 aromatic heterocycles. The van der Waals surface area contributed by atoms with Gasteiger partial charge in [0.05, 0.1) is 6.10 Å². The van der Waals surface area contributed by atoms with Gasteiger partial charge < -0.3 is 15.5 Å². The number of rotatable bonds is 7. The molecule has 3 nitrogen and oxygen atoms in total. The maximum atomic E-state index is 13.2. The Morgan fingerprint density at radius 3 is 2.32 bits per heavy atom. The van der Waals surface area contributed by atoms with E-state index in [1.54, 1.807) is 0 Å². The van der Waals surface area contributed by atoms with Crippen molar-refractivity contribution < 1.29 is 19.0 Å². The van der Waals surface area contributed by atoms with E-state index in [-0.39, 0.29) is 19.2 Å². The van der Waals surface area contributed by atoms with Crippen LogP contribution in [0.1, 0.15) is 29.7 Å². The molecule has 0 aliphatic rings. The molecule has 0 spiro atoms. The lowest BCUT2D eigenvalue weighted by Gasteiger charge is -2.21. The molecule has 2 rings (SSSR count). The van der Waals surface area contributed by atoms with Gasteiger partial charge in [-0.15, -0.1) is 0 Å². The standard InChI is InChI=1S/C17H19F2NO2/c18-14-7-6-13(10-15(14)19)17(22)11-20-16(8-9-21)12-4-2-1-3-5-12/h1-7,10,16-17,20-22H,8-9,11H2. The Bertz CT molecular complexity index is 592. The second-order valence-corrected chi connectivity index (χ2v) is 5.07. The number of hydrogen-bond acceptors (Lipinski definition) is 3. The van der Waals surface area contributed by atoms with Crippen LogP contribution in [0.4, 0.5) is 8.78 Å². The van der Waals surface area contributed by atoms with E-state index in [1.807, 2.05) is 30.3 Å². The molecule has 2 aromatic rings. The van der Waals surface area contributed by atoms with Gasteiger partial charge in [0.2, 0.25) is 0 Å². The van der Waals surface area contributed by atoms with Gasteiger partial charge in [-0.1, -0.05) is 36.4 Å². The van der Waals surface area contributed by atoms with Crippen molar-refractivity contribution in [2.45, 2.75) is 18.6 Å². The topological polar surface area (TPSA) is 52.5 Å². The SMILES string of the molecule is OCCC(NCC(O)c1ccc(F)c(F)c1)c1ccccc1. The summed E-state index contributed by atoms with van der Waals surface area (Å²) < 4.78 is 26.1. The van der Waals surface area contributed by atoms with Crippen molar-refractivity contribution in [3.63, 3.8) is 0 Å². The molecule has 0 amide bonds. The number of nitrogens with one attached hydrogen (secondary N) is 1. The molecular weight excluding hydrogens is 288 g/mol. The summed E-state index contributed by atoms with van der Waals surface area (Å²) >= 11 is 0. The van der Waals surface area contributed by atoms with Crippen molar-refractivity contribution >= 4 is 0 Å². The average molecular weight is 307 g/mol. The van der Waals surface area contributed by atoms with Gasteiger partial charge in [0.15, 0.2) is 11.6 Å². The van der Waals surface area contributed by atoms with Crippen molar-refractivity contribution in [1.82, 2.24) is 5.32 Å². The van der Waals surface area contributed by atoms with E-state index in [9.17, 15) is 13.9 Å². The summed E-state index contributed by atoms with van der Waals surface area (Å²) in [7, 11) is 0. The Morgan fingerprint density at radius 2 is 1.68 bits per heavy atom. The highest BCUT2D eigenvalue weighted by molar-refractivity contribution is 5.21. The minimum atomic E-state index is -0.980. The molecule has 0 saturated heterocycles. The zero-order valence-corrected chi connectivity index (χ0v) is 12.0. The largest absolute Gasteiger partial charge is 0.396 e. The lowest BCUT2D eigenvalue weighted by molar-refractivity contribution is 0.165. The van der Waals surface area contributed by atoms with Gasteiger partial charge >= 0.3 is 0 Å². The molecular formula is C17H19F2NO2. The van der Waals surface area contributed by atoms with Crippen LogP contribution in [0.5, 0.6) is 0 Å². The molecule has 2 atom stereocenters. The maximum absolute atomic E-state index is 13.2. The molecule has 0 aliphatic carbocycles. The Balaban J connectivity index is 2.01. The molecule has 0 bridgehead atoms. The first-order valence-corrected chi connectivity index (χ1v) is 7.14. The van der Waals surface area contributed by atoms with E-state index in [2.05, 4.69) is 5.32 Å². The van der Waals surface area contributed by atoms with Crippen LogP contribution in [0.25, 0.3) is 0 Å². The normalized spacial score (nSPS) is 13.8. The summed E-state index contributed by atoms with van der Waals surface area (Å²) in [5, 5.41) is 22.4. The monoisotopic (exact) mass is 307 g/mol. The van der Waals surface area contributed by atoms with E-state index >= 15 is 0 Å². The van der Waals surface area contributed by atoms with Crippen LogP contribution in [-0.4, -0.2) is 23.4 Å². The van der Waals surface area contributed by atoms with E-state index in [4.69, 9.17) is 5.11 Å². The van der Waals surface area contributed by atoms with Crippen molar-refractivity contribution in [3.05, 3.63) is 71.3 Å². The van der Waals surface area contributed by atoms with Gasteiger partial charge in [-0.2, -0.15) is 0 Å². The highest BCUT2D eigenvalue weighted by Gasteiger charge is 2.15. The van der Waals surface area contributed by atoms with Crippen molar-refractivity contribution in [1.29, 1.82) is 0 Å². The zero-order chi connectivity index (χ0) is 15.9. The number of halogens is 2. The fraction of sp³-hybridized carbons (Fsp3) is 0.294. The van der Waals surface area contributed by atoms with Gasteiger partial charge in [-0.05, 0) is 29.7 Å². The highest BCUT2D eigenvalue weighted by atomic mass is 19.2. The molecule has 0 saturated carbocycles. The van der Waals surface area contributed by atoms with Gasteiger partial charge in [-0.3, -0.25) is 0 Å². The van der Waals surface area contributed by atoms with Gasteiger partial charge in [0.1, 0.15) is 0 Å². The number of benzene rings is 2. The van der Waals surface area contributed by atoms with E-state index in [0.29, 0.717) is 12.0 Å². The first-order valence-electron chi connectivity index (χ1n) is 7.14. The summed E-state index contributed by atoms with van der Waals surface area (Å²) in [6.45, 7) is 0.179. The van der Waals surface area contributed by atoms with Crippen molar-refractivity contribution in [3.8, 4) is 0 Å². The Labute approximate surface area is 128 Å². The fourth-order valence-electron chi connectivity index (χ4n) is 2.29. The van der Waals surface area contributed by atoms with Gasteiger partial charge in [0, 0.05) is 19.2 Å². The first kappa shape index (κ1) is 16.5. The lowest BCUT2D eigenvalue weighted by atomic mass is 10.0. The molecule has 5 heteroatoms. The van der Waals surface area contributed by atoms with Crippen molar-refractivity contribution in [2.24, 2.45) is 0 Å². The van der Waals surface area contributed by atoms with Gasteiger partial charge in [-0.25, -0.2) is 8.78 Å². The van der Waals surface area contributed by atoms with Crippen LogP contribution in [0.2, 0.25) is 0 Å². The third-order valence-corrected chi connectivity index (χ3v) is 3.51. The minimum Gasteiger partial charge on any atom is -0.396 e. The van der Waals surface area contributed by atoms with Gasteiger partial charge in [0.25, 0.3) is 0 Å². The third-order valence-electron chi connectivity index (χ3n) is 3.51.